The highest BCUT2D eigenvalue weighted by Gasteiger charge is 2.18. The van der Waals surface area contributed by atoms with Crippen molar-refractivity contribution in [2.45, 2.75) is 25.8 Å². The third-order valence-electron chi connectivity index (χ3n) is 3.12. The number of halogens is 4. The first-order valence-corrected chi connectivity index (χ1v) is 9.03. The van der Waals surface area contributed by atoms with Crippen LogP contribution in [0.2, 0.25) is 0 Å². The van der Waals surface area contributed by atoms with E-state index in [0.29, 0.717) is 6.42 Å². The summed E-state index contributed by atoms with van der Waals surface area (Å²) in [6.07, 6.45) is 1.62. The van der Waals surface area contributed by atoms with Gasteiger partial charge in [-0.1, -0.05) is 13.0 Å². The largest absolute Gasteiger partial charge is 0.310 e. The van der Waals surface area contributed by atoms with Crippen molar-refractivity contribution >= 4 is 43.2 Å². The van der Waals surface area contributed by atoms with E-state index in [0.717, 1.165) is 31.7 Å². The number of hydrogen-bond acceptors (Lipinski definition) is 2. The molecule has 1 aromatic carbocycles. The van der Waals surface area contributed by atoms with Gasteiger partial charge < -0.3 is 5.32 Å². The molecule has 1 heterocycles. The van der Waals surface area contributed by atoms with E-state index in [1.54, 1.807) is 17.4 Å². The molecule has 2 rings (SSSR count). The molecule has 1 unspecified atom stereocenters. The molecule has 0 radical (unpaired) electrons. The van der Waals surface area contributed by atoms with Crippen LogP contribution in [0.5, 0.6) is 0 Å². The van der Waals surface area contributed by atoms with Crippen molar-refractivity contribution in [1.29, 1.82) is 0 Å². The Kier molecular flexibility index (Phi) is 6.34. The average molecular weight is 439 g/mol. The van der Waals surface area contributed by atoms with Crippen molar-refractivity contribution in [2.75, 3.05) is 6.54 Å². The predicted octanol–water partition coefficient (Wildman–Crippen LogP) is 5.83. The molecule has 21 heavy (non-hydrogen) atoms. The van der Waals surface area contributed by atoms with Crippen molar-refractivity contribution in [1.82, 2.24) is 5.32 Å². The van der Waals surface area contributed by atoms with Crippen molar-refractivity contribution in [3.8, 4) is 0 Å². The van der Waals surface area contributed by atoms with Crippen LogP contribution in [-0.4, -0.2) is 6.54 Å². The van der Waals surface area contributed by atoms with E-state index in [1.165, 1.54) is 12.1 Å². The molecule has 1 N–H and O–H groups in total. The van der Waals surface area contributed by atoms with Crippen molar-refractivity contribution < 1.29 is 8.78 Å². The number of hydrogen-bond donors (Lipinski definition) is 1. The minimum absolute atomic E-state index is 0.0618. The quantitative estimate of drug-likeness (QED) is 0.597. The number of nitrogens with one attached hydrogen (secondary N) is 1. The van der Waals surface area contributed by atoms with Crippen LogP contribution in [0, 0.1) is 11.6 Å². The summed E-state index contributed by atoms with van der Waals surface area (Å²) >= 11 is 8.65. The highest BCUT2D eigenvalue weighted by Crippen LogP contribution is 2.36. The van der Waals surface area contributed by atoms with Crippen LogP contribution in [0.3, 0.4) is 0 Å². The topological polar surface area (TPSA) is 12.0 Å². The summed E-state index contributed by atoms with van der Waals surface area (Å²) in [7, 11) is 0. The molecule has 0 bridgehead atoms. The molecule has 0 aliphatic rings. The lowest BCUT2D eigenvalue weighted by Gasteiger charge is -2.18. The molecule has 0 spiro atoms. The third kappa shape index (κ3) is 4.58. The van der Waals surface area contributed by atoms with E-state index in [9.17, 15) is 8.78 Å². The van der Waals surface area contributed by atoms with Crippen LogP contribution < -0.4 is 5.32 Å². The van der Waals surface area contributed by atoms with Gasteiger partial charge in [0.05, 0.1) is 7.57 Å². The lowest BCUT2D eigenvalue weighted by Crippen LogP contribution is -2.24. The predicted molar refractivity (Wildman–Crippen MR) is 90.8 cm³/mol. The van der Waals surface area contributed by atoms with Crippen molar-refractivity contribution in [3.63, 3.8) is 0 Å². The van der Waals surface area contributed by atoms with Gasteiger partial charge in [-0.2, -0.15) is 0 Å². The van der Waals surface area contributed by atoms with Gasteiger partial charge in [-0.3, -0.25) is 0 Å². The molecular formula is C15H15Br2F2NS. The zero-order chi connectivity index (χ0) is 15.4. The molecule has 2 aromatic rings. The Balaban J connectivity index is 2.23. The maximum Gasteiger partial charge on any atom is 0.159 e. The lowest BCUT2D eigenvalue weighted by atomic mass is 10.0. The Hall–Kier alpha value is -0.300. The minimum Gasteiger partial charge on any atom is -0.310 e. The van der Waals surface area contributed by atoms with Gasteiger partial charge in [0.1, 0.15) is 0 Å². The van der Waals surface area contributed by atoms with Crippen LogP contribution in [0.1, 0.15) is 30.5 Å². The summed E-state index contributed by atoms with van der Waals surface area (Å²) in [6, 6.07) is 6.20. The SMILES string of the molecule is CCCNC(Cc1ccc(F)c(F)c1)c1cc(Br)sc1Br. The van der Waals surface area contributed by atoms with Crippen LogP contribution in [0.4, 0.5) is 8.78 Å². The van der Waals surface area contributed by atoms with Crippen molar-refractivity contribution in [2.24, 2.45) is 0 Å². The second-order valence-electron chi connectivity index (χ2n) is 4.74. The summed E-state index contributed by atoms with van der Waals surface area (Å²) in [6.45, 7) is 2.97. The highest BCUT2D eigenvalue weighted by molar-refractivity contribution is 9.12. The Bertz CT molecular complexity index is 616. The van der Waals surface area contributed by atoms with Gasteiger partial charge in [0, 0.05) is 6.04 Å². The minimum atomic E-state index is -0.809. The Morgan fingerprint density at radius 1 is 1.19 bits per heavy atom. The molecular weight excluding hydrogens is 424 g/mol. The fourth-order valence-electron chi connectivity index (χ4n) is 2.10. The van der Waals surface area contributed by atoms with E-state index >= 15 is 0 Å². The summed E-state index contributed by atoms with van der Waals surface area (Å²) in [5.74, 6) is -1.61. The second kappa shape index (κ2) is 7.81. The first-order valence-electron chi connectivity index (χ1n) is 6.63. The first-order chi connectivity index (χ1) is 10.0. The third-order valence-corrected chi connectivity index (χ3v) is 5.51. The van der Waals surface area contributed by atoms with Gasteiger partial charge in [-0.15, -0.1) is 11.3 Å². The van der Waals surface area contributed by atoms with E-state index in [1.807, 2.05) is 0 Å². The molecule has 0 fully saturated rings. The Morgan fingerprint density at radius 3 is 2.52 bits per heavy atom. The molecule has 0 aliphatic carbocycles. The summed E-state index contributed by atoms with van der Waals surface area (Å²) in [5.41, 5.74) is 1.90. The lowest BCUT2D eigenvalue weighted by molar-refractivity contribution is 0.500. The Morgan fingerprint density at radius 2 is 1.95 bits per heavy atom. The van der Waals surface area contributed by atoms with Crippen LogP contribution in [0.25, 0.3) is 0 Å². The van der Waals surface area contributed by atoms with Gasteiger partial charge in [0.15, 0.2) is 11.6 Å². The van der Waals surface area contributed by atoms with Gasteiger partial charge in [0.25, 0.3) is 0 Å². The molecule has 0 aliphatic heterocycles. The van der Waals surface area contributed by atoms with Crippen molar-refractivity contribution in [3.05, 3.63) is 54.6 Å². The fourth-order valence-corrected chi connectivity index (χ4v) is 5.08. The maximum absolute atomic E-state index is 13.4. The Labute approximate surface area is 144 Å². The normalized spacial score (nSPS) is 12.6. The second-order valence-corrected chi connectivity index (χ2v) is 8.49. The van der Waals surface area contributed by atoms with Gasteiger partial charge in [-0.25, -0.2) is 8.78 Å². The maximum atomic E-state index is 13.4. The summed E-state index contributed by atoms with van der Waals surface area (Å²) < 4.78 is 28.5. The first kappa shape index (κ1) is 17.1. The molecule has 1 atom stereocenters. The van der Waals surface area contributed by atoms with Crippen LogP contribution >= 0.6 is 43.2 Å². The van der Waals surface area contributed by atoms with E-state index in [-0.39, 0.29) is 6.04 Å². The number of rotatable bonds is 6. The highest BCUT2D eigenvalue weighted by atomic mass is 79.9. The molecule has 6 heteroatoms. The van der Waals surface area contributed by atoms with Crippen LogP contribution in [-0.2, 0) is 6.42 Å². The molecule has 0 saturated carbocycles. The van der Waals surface area contributed by atoms with Gasteiger partial charge in [0.2, 0.25) is 0 Å². The van der Waals surface area contributed by atoms with E-state index in [4.69, 9.17) is 0 Å². The summed E-state index contributed by atoms with van der Waals surface area (Å²) in [4.78, 5) is 0. The van der Waals surface area contributed by atoms with E-state index in [2.05, 4.69) is 50.2 Å². The van der Waals surface area contributed by atoms with Gasteiger partial charge >= 0.3 is 0 Å². The molecule has 114 valence electrons. The fraction of sp³-hybridized carbons (Fsp3) is 0.333. The van der Waals surface area contributed by atoms with Gasteiger partial charge in [-0.05, 0) is 80.6 Å². The summed E-state index contributed by atoms with van der Waals surface area (Å²) in [5, 5.41) is 3.46. The zero-order valence-corrected chi connectivity index (χ0v) is 15.4. The monoisotopic (exact) mass is 437 g/mol. The standard InChI is InChI=1S/C15H15Br2F2NS/c1-2-5-20-13(10-8-14(16)21-15(10)17)7-9-3-4-11(18)12(19)6-9/h3-4,6,8,13,20H,2,5,7H2,1H3. The molecule has 0 amide bonds. The van der Waals surface area contributed by atoms with E-state index < -0.39 is 11.6 Å². The van der Waals surface area contributed by atoms with Crippen LogP contribution in [0.15, 0.2) is 31.8 Å². The number of thiophene rings is 1. The molecule has 1 nitrogen and oxygen atoms in total. The smallest absolute Gasteiger partial charge is 0.159 e. The molecule has 0 saturated heterocycles. The zero-order valence-electron chi connectivity index (χ0n) is 11.4. The average Bonchev–Trinajstić information content (AvgIpc) is 2.77. The number of benzene rings is 1. The molecule has 1 aromatic heterocycles.